The number of para-hydroxylation sites is 2. The van der Waals surface area contributed by atoms with Gasteiger partial charge in [-0.1, -0.05) is 56.2 Å². The first-order valence-corrected chi connectivity index (χ1v) is 11.9. The number of carbonyl (C=O) groups excluding carboxylic acids is 1. The van der Waals surface area contributed by atoms with Gasteiger partial charge in [0.15, 0.2) is 0 Å². The second-order valence-corrected chi connectivity index (χ2v) is 8.48. The number of methoxy groups -OCH3 is 1. The van der Waals surface area contributed by atoms with Crippen LogP contribution in [-0.2, 0) is 22.5 Å². The summed E-state index contributed by atoms with van der Waals surface area (Å²) in [4.78, 5) is 15.3. The van der Waals surface area contributed by atoms with Gasteiger partial charge in [-0.15, -0.1) is 0 Å². The van der Waals surface area contributed by atoms with E-state index in [1.54, 1.807) is 7.11 Å². The van der Waals surface area contributed by atoms with Crippen molar-refractivity contribution in [2.45, 2.75) is 45.6 Å². The Morgan fingerprint density at radius 3 is 2.36 bits per heavy atom. The largest absolute Gasteiger partial charge is 0.439 e. The number of aromatic nitrogens is 2. The van der Waals surface area contributed by atoms with E-state index in [2.05, 4.69) is 6.92 Å². The Hall–Kier alpha value is -3.12. The summed E-state index contributed by atoms with van der Waals surface area (Å²) in [7, 11) is 1.67. The van der Waals surface area contributed by atoms with Crippen molar-refractivity contribution in [2.75, 3.05) is 20.3 Å². The molecule has 6 heteroatoms. The number of aryl methyl sites for hydroxylation is 1. The van der Waals surface area contributed by atoms with E-state index in [4.69, 9.17) is 14.6 Å². The lowest BCUT2D eigenvalue weighted by molar-refractivity contribution is -0.136. The van der Waals surface area contributed by atoms with E-state index in [9.17, 15) is 4.79 Å². The van der Waals surface area contributed by atoms with Gasteiger partial charge in [0.25, 0.3) is 0 Å². The maximum atomic E-state index is 13.4. The Labute approximate surface area is 196 Å². The fraction of sp³-hybridized carbons (Fsp3) is 0.407. The molecule has 0 radical (unpaired) electrons. The first-order valence-electron chi connectivity index (χ1n) is 11.9. The zero-order valence-corrected chi connectivity index (χ0v) is 19.6. The highest BCUT2D eigenvalue weighted by molar-refractivity contribution is 5.79. The van der Waals surface area contributed by atoms with Crippen LogP contribution in [0.2, 0.25) is 0 Å². The third-order valence-electron chi connectivity index (χ3n) is 6.24. The van der Waals surface area contributed by atoms with Crippen LogP contribution in [0.5, 0.6) is 11.6 Å². The highest BCUT2D eigenvalue weighted by Gasteiger charge is 2.30. The first kappa shape index (κ1) is 23.1. The zero-order valence-electron chi connectivity index (χ0n) is 19.6. The molecule has 1 heterocycles. The third kappa shape index (κ3) is 5.45. The van der Waals surface area contributed by atoms with E-state index in [0.29, 0.717) is 25.6 Å². The average Bonchev–Trinajstić information content (AvgIpc) is 3.51. The summed E-state index contributed by atoms with van der Waals surface area (Å²) in [5.41, 5.74) is 2.81. The van der Waals surface area contributed by atoms with Gasteiger partial charge < -0.3 is 14.4 Å². The third-order valence-corrected chi connectivity index (χ3v) is 6.24. The summed E-state index contributed by atoms with van der Waals surface area (Å²) < 4.78 is 13.6. The maximum Gasteiger partial charge on any atom is 0.227 e. The highest BCUT2D eigenvalue weighted by atomic mass is 16.5. The predicted octanol–water partition coefficient (Wildman–Crippen LogP) is 5.39. The van der Waals surface area contributed by atoms with E-state index in [1.165, 1.54) is 0 Å². The highest BCUT2D eigenvalue weighted by Crippen LogP contribution is 2.33. The molecule has 1 aliphatic carbocycles. The molecule has 4 rings (SSSR count). The van der Waals surface area contributed by atoms with Crippen LogP contribution in [0.25, 0.3) is 5.69 Å². The summed E-state index contributed by atoms with van der Waals surface area (Å²) >= 11 is 0. The molecule has 0 saturated heterocycles. The molecule has 3 aromatic rings. The summed E-state index contributed by atoms with van der Waals surface area (Å²) in [5.74, 6) is 1.72. The smallest absolute Gasteiger partial charge is 0.227 e. The predicted molar refractivity (Wildman–Crippen MR) is 129 cm³/mol. The van der Waals surface area contributed by atoms with Crippen molar-refractivity contribution in [1.82, 2.24) is 14.7 Å². The zero-order chi connectivity index (χ0) is 23.0. The van der Waals surface area contributed by atoms with Crippen molar-refractivity contribution < 1.29 is 14.3 Å². The van der Waals surface area contributed by atoms with Crippen LogP contribution >= 0.6 is 0 Å². The van der Waals surface area contributed by atoms with Gasteiger partial charge in [0.1, 0.15) is 5.75 Å². The molecule has 174 valence electrons. The molecule has 0 atom stereocenters. The van der Waals surface area contributed by atoms with Crippen molar-refractivity contribution >= 4 is 5.91 Å². The molecule has 1 aromatic heterocycles. The van der Waals surface area contributed by atoms with E-state index < -0.39 is 0 Å². The Balaban J connectivity index is 1.74. The minimum absolute atomic E-state index is 0.106. The molecule has 0 N–H and O–H groups in total. The number of amides is 1. The van der Waals surface area contributed by atoms with Gasteiger partial charge in [0.2, 0.25) is 11.8 Å². The van der Waals surface area contributed by atoms with E-state index in [-0.39, 0.29) is 11.8 Å². The molecule has 2 aromatic carbocycles. The van der Waals surface area contributed by atoms with Crippen LogP contribution in [-0.4, -0.2) is 40.8 Å². The topological polar surface area (TPSA) is 56.6 Å². The van der Waals surface area contributed by atoms with Gasteiger partial charge in [-0.25, -0.2) is 4.68 Å². The van der Waals surface area contributed by atoms with Crippen LogP contribution in [0.1, 0.15) is 43.9 Å². The Bertz CT molecular complexity index is 1030. The first-order chi connectivity index (χ1) is 16.2. The molecular formula is C27H33N3O3. The number of hydrogen-bond acceptors (Lipinski definition) is 4. The van der Waals surface area contributed by atoms with Gasteiger partial charge in [-0.3, -0.25) is 4.79 Å². The van der Waals surface area contributed by atoms with Crippen molar-refractivity contribution in [3.8, 4) is 17.3 Å². The molecule has 1 aliphatic rings. The molecular weight excluding hydrogens is 414 g/mol. The Morgan fingerprint density at radius 1 is 1.06 bits per heavy atom. The lowest BCUT2D eigenvalue weighted by Gasteiger charge is -2.26. The molecule has 1 fully saturated rings. The second kappa shape index (κ2) is 11.1. The molecule has 1 saturated carbocycles. The monoisotopic (exact) mass is 447 g/mol. The summed E-state index contributed by atoms with van der Waals surface area (Å²) in [5, 5.41) is 4.91. The molecule has 6 nitrogen and oxygen atoms in total. The van der Waals surface area contributed by atoms with Crippen LogP contribution in [0.4, 0.5) is 0 Å². The van der Waals surface area contributed by atoms with Gasteiger partial charge in [-0.05, 0) is 43.5 Å². The van der Waals surface area contributed by atoms with Crippen LogP contribution in [0.3, 0.4) is 0 Å². The number of rotatable bonds is 10. The van der Waals surface area contributed by atoms with Crippen molar-refractivity contribution in [2.24, 2.45) is 5.92 Å². The number of benzene rings is 2. The number of carbonyl (C=O) groups is 1. The lowest BCUT2D eigenvalue weighted by Crippen LogP contribution is -2.37. The minimum Gasteiger partial charge on any atom is -0.439 e. The van der Waals surface area contributed by atoms with Crippen LogP contribution in [0, 0.1) is 5.92 Å². The quantitative estimate of drug-likeness (QED) is 0.418. The minimum atomic E-state index is 0.106. The van der Waals surface area contributed by atoms with Crippen molar-refractivity contribution in [1.29, 1.82) is 0 Å². The molecule has 33 heavy (non-hydrogen) atoms. The van der Waals surface area contributed by atoms with Crippen LogP contribution in [0.15, 0.2) is 60.7 Å². The maximum absolute atomic E-state index is 13.4. The second-order valence-electron chi connectivity index (χ2n) is 8.48. The van der Waals surface area contributed by atoms with Gasteiger partial charge in [0.05, 0.1) is 30.1 Å². The molecule has 0 spiro atoms. The van der Waals surface area contributed by atoms with Crippen molar-refractivity contribution in [3.63, 3.8) is 0 Å². The number of ether oxygens (including phenoxy) is 2. The summed E-state index contributed by atoms with van der Waals surface area (Å²) in [6.45, 7) is 3.60. The van der Waals surface area contributed by atoms with E-state index in [0.717, 1.165) is 54.8 Å². The van der Waals surface area contributed by atoms with Crippen LogP contribution < -0.4 is 4.74 Å². The fourth-order valence-corrected chi connectivity index (χ4v) is 4.46. The molecule has 1 amide bonds. The van der Waals surface area contributed by atoms with E-state index in [1.807, 2.05) is 70.2 Å². The van der Waals surface area contributed by atoms with E-state index >= 15 is 0 Å². The van der Waals surface area contributed by atoms with Gasteiger partial charge in [0, 0.05) is 19.6 Å². The molecule has 0 bridgehead atoms. The summed E-state index contributed by atoms with van der Waals surface area (Å²) in [6.07, 6.45) is 4.95. The average molecular weight is 448 g/mol. The fourth-order valence-electron chi connectivity index (χ4n) is 4.46. The van der Waals surface area contributed by atoms with Crippen molar-refractivity contribution in [3.05, 3.63) is 71.9 Å². The Morgan fingerprint density at radius 2 is 1.73 bits per heavy atom. The van der Waals surface area contributed by atoms with Gasteiger partial charge >= 0.3 is 0 Å². The normalized spacial score (nSPS) is 13.9. The number of nitrogens with zero attached hydrogens (tertiary/aromatic N) is 3. The Kier molecular flexibility index (Phi) is 7.79. The molecule has 0 aliphatic heterocycles. The lowest BCUT2D eigenvalue weighted by atomic mass is 10.1. The standard InChI is InChI=1S/C27H33N3O3/c1-3-25-24(20-29(18-19-32-2)26(31)21-12-10-11-13-21)27(33-23-16-8-5-9-17-23)30(28-25)22-14-6-4-7-15-22/h4-9,14-17,21H,3,10-13,18-20H2,1-2H3. The van der Waals surface area contributed by atoms with Gasteiger partial charge in [-0.2, -0.15) is 5.10 Å². The SMILES string of the molecule is CCc1nn(-c2ccccc2)c(Oc2ccccc2)c1CN(CCOC)C(=O)C1CCCC1. The molecule has 0 unspecified atom stereocenters. The number of hydrogen-bond donors (Lipinski definition) is 0. The summed E-state index contributed by atoms with van der Waals surface area (Å²) in [6, 6.07) is 19.7.